The van der Waals surface area contributed by atoms with Gasteiger partial charge in [0.1, 0.15) is 0 Å². The zero-order valence-electron chi connectivity index (χ0n) is 2.71. The maximum Gasteiger partial charge on any atom is 2.00 e. The summed E-state index contributed by atoms with van der Waals surface area (Å²) in [6.45, 7) is 0. The van der Waals surface area contributed by atoms with E-state index in [1.807, 2.05) is 0 Å². The van der Waals surface area contributed by atoms with Gasteiger partial charge in [-0.2, -0.15) is 0 Å². The van der Waals surface area contributed by atoms with Crippen LogP contribution in [0, 0.1) is 0 Å². The fourth-order valence-corrected chi connectivity index (χ4v) is 0. The van der Waals surface area contributed by atoms with E-state index in [2.05, 4.69) is 0 Å². The first-order valence-corrected chi connectivity index (χ1v) is 0. The largest absolute Gasteiger partial charge is 2.00 e. The van der Waals surface area contributed by atoms with Crippen LogP contribution in [-0.2, 0) is 0 Å². The van der Waals surface area contributed by atoms with Crippen molar-refractivity contribution in [3.63, 3.8) is 0 Å². The second kappa shape index (κ2) is 17.0. The molecule has 4 heteroatoms. The summed E-state index contributed by atoms with van der Waals surface area (Å²) in [5, 5.41) is 0. The molecule has 0 amide bonds. The molecule has 0 N–H and O–H groups in total. The standard InChI is InChI=1S/Al.Ga.In.Mg.11H/q;;;+2;;;;;;;;;;2*-1. The first-order chi connectivity index (χ1) is 0. The normalized spacial score (nSPS) is 0. The van der Waals surface area contributed by atoms with Crippen molar-refractivity contribution >= 4 is 86.0 Å². The minimum absolute atomic E-state index is 0. The SMILES string of the molecule is [AlH3].[GaH3].[H-].[H-].[InH3].[Mg+2]. The summed E-state index contributed by atoms with van der Waals surface area (Å²) in [6.07, 6.45) is 0. The maximum atomic E-state index is 0. The van der Waals surface area contributed by atoms with Gasteiger partial charge in [-0.25, -0.2) is 0 Å². The van der Waals surface area contributed by atoms with E-state index in [-0.39, 0.29) is 88.9 Å². The van der Waals surface area contributed by atoms with Crippen LogP contribution in [0.2, 0.25) is 0 Å². The topological polar surface area (TPSA) is 0 Å². The van der Waals surface area contributed by atoms with Crippen LogP contribution in [0.1, 0.15) is 2.85 Å². The van der Waals surface area contributed by atoms with Crippen LogP contribution in [-0.4, -0.2) is 86.0 Å². The van der Waals surface area contributed by atoms with E-state index in [9.17, 15) is 0 Å². The molecule has 0 heterocycles. The van der Waals surface area contributed by atoms with Crippen LogP contribution >= 0.6 is 0 Å². The summed E-state index contributed by atoms with van der Waals surface area (Å²) in [7, 11) is 0. The van der Waals surface area contributed by atoms with Gasteiger partial charge in [-0.3, -0.25) is 0 Å². The maximum absolute atomic E-state index is 0. The Kier molecular flexibility index (Phi) is 124. The van der Waals surface area contributed by atoms with Crippen LogP contribution in [0.5, 0.6) is 0 Å². The third-order valence-electron chi connectivity index (χ3n) is 0. The molecule has 0 saturated heterocycles. The molecular weight excluding hydrogens is 236 g/mol. The Hall–Kier alpha value is 2.81. The summed E-state index contributed by atoms with van der Waals surface area (Å²) >= 11 is 0. The molecule has 0 radical (unpaired) electrons. The fraction of sp³-hybridized carbons (Fsp3) is 0. The van der Waals surface area contributed by atoms with Crippen molar-refractivity contribution in [3.8, 4) is 0 Å². The molecule has 0 aliphatic heterocycles. The van der Waals surface area contributed by atoms with Crippen molar-refractivity contribution in [1.29, 1.82) is 0 Å². The molecule has 0 bridgehead atoms. The molecule has 0 saturated carbocycles. The van der Waals surface area contributed by atoms with E-state index < -0.39 is 0 Å². The van der Waals surface area contributed by atoms with E-state index in [1.54, 1.807) is 0 Å². The van der Waals surface area contributed by atoms with Gasteiger partial charge in [-0.15, -0.1) is 0 Å². The number of hydrogen-bond acceptors (Lipinski definition) is 0. The van der Waals surface area contributed by atoms with Gasteiger partial charge < -0.3 is 2.85 Å². The van der Waals surface area contributed by atoms with E-state index >= 15 is 0 Å². The van der Waals surface area contributed by atoms with Gasteiger partial charge in [0.05, 0.1) is 0 Å². The second-order valence-corrected chi connectivity index (χ2v) is 0. The molecule has 0 rings (SSSR count). The number of hydrogen-bond donors (Lipinski definition) is 0. The Morgan fingerprint density at radius 3 is 1.25 bits per heavy atom. The van der Waals surface area contributed by atoms with Crippen LogP contribution in [0.25, 0.3) is 0 Å². The minimum atomic E-state index is 0. The zero-order chi connectivity index (χ0) is 0. The average Bonchev–Trinajstić information content (AvgIpc) is 0. The van der Waals surface area contributed by atoms with E-state index in [0.29, 0.717) is 0 Å². The van der Waals surface area contributed by atoms with Gasteiger partial charge in [-0.1, -0.05) is 0 Å². The summed E-state index contributed by atoms with van der Waals surface area (Å²) in [5.74, 6) is 0. The monoisotopic (exact) mass is 246 g/mol. The van der Waals surface area contributed by atoms with Crippen molar-refractivity contribution in [2.45, 2.75) is 0 Å². The Morgan fingerprint density at radius 2 is 1.25 bits per heavy atom. The molecule has 0 aromatic carbocycles. The van der Waals surface area contributed by atoms with Crippen LogP contribution < -0.4 is 0 Å². The van der Waals surface area contributed by atoms with Crippen molar-refractivity contribution in [3.05, 3.63) is 0 Å². The third kappa shape index (κ3) is 8.84. The molecule has 22 valence electrons. The number of rotatable bonds is 0. The van der Waals surface area contributed by atoms with Crippen LogP contribution in [0.15, 0.2) is 0 Å². The van der Waals surface area contributed by atoms with E-state index in [4.69, 9.17) is 0 Å². The van der Waals surface area contributed by atoms with Gasteiger partial charge in [-0.05, 0) is 0 Å². The van der Waals surface area contributed by atoms with Gasteiger partial charge in [0.15, 0.2) is 17.4 Å². The smallest absolute Gasteiger partial charge is 2.00 e. The van der Waals surface area contributed by atoms with Crippen LogP contribution in [0.3, 0.4) is 0 Å². The molecule has 0 spiro atoms. The van der Waals surface area contributed by atoms with Gasteiger partial charge >= 0.3 is 68.7 Å². The summed E-state index contributed by atoms with van der Waals surface area (Å²) < 4.78 is 0. The molecule has 0 aromatic heterocycles. The predicted octanol–water partition coefficient (Wildman–Crippen LogP) is -3.71. The van der Waals surface area contributed by atoms with Gasteiger partial charge in [0, 0.05) is 0 Å². The molecule has 0 nitrogen and oxygen atoms in total. The van der Waals surface area contributed by atoms with Crippen molar-refractivity contribution < 1.29 is 2.85 Å². The first-order valence-electron chi connectivity index (χ1n) is 0. The Balaban J connectivity index is 0. The Labute approximate surface area is 87.6 Å². The first kappa shape index (κ1) is 29.1. The molecular formula is H11AlGaInMg. The average molecular weight is 247 g/mol. The van der Waals surface area contributed by atoms with Crippen LogP contribution in [0.4, 0.5) is 0 Å². The quantitative estimate of drug-likeness (QED) is 0.386. The van der Waals surface area contributed by atoms with E-state index in [0.717, 1.165) is 0 Å². The van der Waals surface area contributed by atoms with Crippen molar-refractivity contribution in [2.75, 3.05) is 0 Å². The molecule has 0 unspecified atom stereocenters. The predicted molar refractivity (Wildman–Crippen MR) is 37.8 cm³/mol. The third-order valence-corrected chi connectivity index (χ3v) is 0. The Bertz CT molecular complexity index is 13.5. The van der Waals surface area contributed by atoms with E-state index in [1.165, 1.54) is 0 Å². The molecule has 0 aliphatic rings. The molecule has 4 heavy (non-hydrogen) atoms. The molecule has 0 aliphatic carbocycles. The zero-order valence-corrected chi connectivity index (χ0v) is 2.12. The summed E-state index contributed by atoms with van der Waals surface area (Å²) in [5.41, 5.74) is 0. The Morgan fingerprint density at radius 1 is 1.25 bits per heavy atom. The van der Waals surface area contributed by atoms with Gasteiger partial charge in [0.25, 0.3) is 0 Å². The molecule has 0 atom stereocenters. The fourth-order valence-electron chi connectivity index (χ4n) is 0. The van der Waals surface area contributed by atoms with Crippen molar-refractivity contribution in [1.82, 2.24) is 0 Å². The molecule has 0 fully saturated rings. The minimum Gasteiger partial charge on any atom is 2.00 e. The summed E-state index contributed by atoms with van der Waals surface area (Å²) in [6, 6.07) is 0. The van der Waals surface area contributed by atoms with Gasteiger partial charge in [0.2, 0.25) is 0 Å². The molecule has 0 aromatic rings. The second-order valence-electron chi connectivity index (χ2n) is 0. The van der Waals surface area contributed by atoms with Crippen molar-refractivity contribution in [2.24, 2.45) is 0 Å². The summed E-state index contributed by atoms with van der Waals surface area (Å²) in [4.78, 5) is 0.